The first kappa shape index (κ1) is 24.9. The second kappa shape index (κ2) is 9.13. The van der Waals surface area contributed by atoms with Gasteiger partial charge in [0.1, 0.15) is 0 Å². The third-order valence-electron chi connectivity index (χ3n) is 10.1. The maximum Gasteiger partial charge on any atom is 0.417 e. The van der Waals surface area contributed by atoms with E-state index in [1.807, 2.05) is 4.90 Å². The van der Waals surface area contributed by atoms with Crippen molar-refractivity contribution < 1.29 is 18.0 Å². The number of alkyl halides is 3. The summed E-state index contributed by atoms with van der Waals surface area (Å²) < 4.78 is 39.8. The van der Waals surface area contributed by atoms with Crippen LogP contribution >= 0.6 is 0 Å². The van der Waals surface area contributed by atoms with E-state index in [-0.39, 0.29) is 17.9 Å². The second-order valence-electron chi connectivity index (χ2n) is 12.2. The molecule has 1 amide bonds. The molecule has 198 valence electrons. The first-order valence-electron chi connectivity index (χ1n) is 14.1. The number of nitrogens with zero attached hydrogens (tertiary/aromatic N) is 2. The van der Waals surface area contributed by atoms with Gasteiger partial charge in [0.15, 0.2) is 0 Å². The first-order valence-corrected chi connectivity index (χ1v) is 14.1. The fraction of sp³-hybridized carbons (Fsp3) is 0.613. The zero-order valence-electron chi connectivity index (χ0n) is 21.7. The van der Waals surface area contributed by atoms with Gasteiger partial charge in [0, 0.05) is 31.4 Å². The maximum absolute atomic E-state index is 14.0. The molecule has 4 aliphatic carbocycles. The molecule has 4 saturated carbocycles. The molecule has 1 aromatic rings. The van der Waals surface area contributed by atoms with E-state index < -0.39 is 11.7 Å². The molecule has 4 fully saturated rings. The van der Waals surface area contributed by atoms with E-state index in [4.69, 9.17) is 0 Å². The topological polar surface area (TPSA) is 33.2 Å². The highest BCUT2D eigenvalue weighted by Gasteiger charge is 2.56. The van der Waals surface area contributed by atoms with E-state index in [1.54, 1.807) is 11.1 Å². The van der Waals surface area contributed by atoms with Gasteiger partial charge in [0.05, 0.1) is 11.0 Å². The lowest BCUT2D eigenvalue weighted by molar-refractivity contribution is -0.144. The highest BCUT2D eigenvalue weighted by molar-refractivity contribution is 5.84. The Balaban J connectivity index is 1.19. The molecule has 2 heterocycles. The minimum atomic E-state index is -4.42. The standard InChI is InChI=1S/C31H37F3N2O/c1-2-3-5-24-15-21(7-10-29(24)11-12-29)14-22-16-25-6-4-9-30(25,18-22)28(37)36-13-8-27-23(20-36)17-26(19-35-27)31(32,33)34/h2-3,5,14,17,19,22,25H,4,6-13,15-16,18,20H2,1H3/b3-2-,21-14+,24-5-/t22-,25-,30-/m1/s1. The quantitative estimate of drug-likeness (QED) is 0.393. The molecule has 0 bridgehead atoms. The van der Waals surface area contributed by atoms with E-state index in [0.29, 0.717) is 41.5 Å². The van der Waals surface area contributed by atoms with Crippen LogP contribution < -0.4 is 0 Å². The number of hydrogen-bond acceptors (Lipinski definition) is 2. The number of hydrogen-bond donors (Lipinski definition) is 0. The van der Waals surface area contributed by atoms with Crippen molar-refractivity contribution in [1.82, 2.24) is 9.88 Å². The summed E-state index contributed by atoms with van der Waals surface area (Å²) >= 11 is 0. The Morgan fingerprint density at radius 1 is 1.19 bits per heavy atom. The van der Waals surface area contributed by atoms with Crippen molar-refractivity contribution in [2.24, 2.45) is 22.7 Å². The predicted molar refractivity (Wildman–Crippen MR) is 137 cm³/mol. The lowest BCUT2D eigenvalue weighted by atomic mass is 9.76. The van der Waals surface area contributed by atoms with Gasteiger partial charge in [-0.2, -0.15) is 13.2 Å². The minimum absolute atomic E-state index is 0.174. The monoisotopic (exact) mass is 510 g/mol. The average Bonchev–Trinajstić information content (AvgIpc) is 3.41. The fourth-order valence-corrected chi connectivity index (χ4v) is 7.97. The number of fused-ring (bicyclic) bond motifs is 2. The fourth-order valence-electron chi connectivity index (χ4n) is 7.97. The number of pyridine rings is 1. The van der Waals surface area contributed by atoms with Crippen LogP contribution in [0.15, 0.2) is 47.7 Å². The van der Waals surface area contributed by atoms with Crippen LogP contribution in [-0.4, -0.2) is 22.3 Å². The summed E-state index contributed by atoms with van der Waals surface area (Å²) in [7, 11) is 0. The molecule has 0 saturated heterocycles. The number of carbonyl (C=O) groups is 1. The van der Waals surface area contributed by atoms with Crippen molar-refractivity contribution in [3.63, 3.8) is 0 Å². The number of aromatic nitrogens is 1. The maximum atomic E-state index is 14.0. The van der Waals surface area contributed by atoms with Crippen LogP contribution in [0.5, 0.6) is 0 Å². The van der Waals surface area contributed by atoms with E-state index >= 15 is 0 Å². The zero-order chi connectivity index (χ0) is 25.8. The summed E-state index contributed by atoms with van der Waals surface area (Å²) in [5.74, 6) is 0.989. The summed E-state index contributed by atoms with van der Waals surface area (Å²) in [6, 6.07) is 1.20. The predicted octanol–water partition coefficient (Wildman–Crippen LogP) is 7.57. The smallest absolute Gasteiger partial charge is 0.337 e. The zero-order valence-corrected chi connectivity index (χ0v) is 21.7. The molecule has 1 spiro atoms. The molecule has 3 atom stereocenters. The van der Waals surface area contributed by atoms with E-state index in [0.717, 1.165) is 44.7 Å². The van der Waals surface area contributed by atoms with Gasteiger partial charge in [-0.05, 0) is 93.6 Å². The Bertz CT molecular complexity index is 1180. The number of carbonyl (C=O) groups excluding carboxylic acids is 1. The lowest BCUT2D eigenvalue weighted by Gasteiger charge is -2.37. The van der Waals surface area contributed by atoms with Crippen LogP contribution in [0.25, 0.3) is 0 Å². The van der Waals surface area contributed by atoms with Gasteiger partial charge in [-0.1, -0.05) is 41.9 Å². The van der Waals surface area contributed by atoms with Crippen molar-refractivity contribution in [3.05, 3.63) is 64.5 Å². The molecule has 6 heteroatoms. The lowest BCUT2D eigenvalue weighted by Crippen LogP contribution is -2.46. The van der Waals surface area contributed by atoms with Gasteiger partial charge in [-0.15, -0.1) is 0 Å². The summed E-state index contributed by atoms with van der Waals surface area (Å²) in [6.45, 7) is 2.86. The average molecular weight is 511 g/mol. The molecule has 0 unspecified atom stereocenters. The molecule has 1 aromatic heterocycles. The van der Waals surface area contributed by atoms with Gasteiger partial charge in [0.2, 0.25) is 5.91 Å². The van der Waals surface area contributed by atoms with Crippen LogP contribution in [0, 0.1) is 22.7 Å². The Morgan fingerprint density at radius 3 is 2.78 bits per heavy atom. The molecular weight excluding hydrogens is 473 g/mol. The molecule has 1 aliphatic heterocycles. The Kier molecular flexibility index (Phi) is 6.15. The molecule has 0 N–H and O–H groups in total. The van der Waals surface area contributed by atoms with E-state index in [9.17, 15) is 18.0 Å². The van der Waals surface area contributed by atoms with Crippen LogP contribution in [0.2, 0.25) is 0 Å². The number of allylic oxidation sites excluding steroid dienone is 6. The largest absolute Gasteiger partial charge is 0.417 e. The van der Waals surface area contributed by atoms with Crippen LogP contribution in [0.4, 0.5) is 13.2 Å². The van der Waals surface area contributed by atoms with Crippen LogP contribution in [0.3, 0.4) is 0 Å². The highest BCUT2D eigenvalue weighted by atomic mass is 19.4. The Hall–Kier alpha value is -2.37. The third kappa shape index (κ3) is 4.48. The molecule has 0 radical (unpaired) electrons. The summed E-state index contributed by atoms with van der Waals surface area (Å²) in [5, 5.41) is 0. The van der Waals surface area contributed by atoms with E-state index in [1.165, 1.54) is 31.7 Å². The Labute approximate surface area is 217 Å². The number of halogens is 3. The van der Waals surface area contributed by atoms with Gasteiger partial charge >= 0.3 is 6.18 Å². The van der Waals surface area contributed by atoms with E-state index in [2.05, 4.69) is 36.2 Å². The molecule has 6 rings (SSSR count). The van der Waals surface area contributed by atoms with Gasteiger partial charge in [0.25, 0.3) is 0 Å². The van der Waals surface area contributed by atoms with Crippen molar-refractivity contribution in [3.8, 4) is 0 Å². The summed E-state index contributed by atoms with van der Waals surface area (Å²) in [5.41, 5.74) is 3.76. The number of amides is 1. The van der Waals surface area contributed by atoms with Crippen LogP contribution in [-0.2, 0) is 23.9 Å². The first-order chi connectivity index (χ1) is 17.7. The van der Waals surface area contributed by atoms with Crippen molar-refractivity contribution in [2.75, 3.05) is 6.54 Å². The van der Waals surface area contributed by atoms with Gasteiger partial charge < -0.3 is 4.90 Å². The summed E-state index contributed by atoms with van der Waals surface area (Å²) in [6.07, 6.45) is 17.3. The van der Waals surface area contributed by atoms with Gasteiger partial charge in [-0.25, -0.2) is 0 Å². The highest BCUT2D eigenvalue weighted by Crippen LogP contribution is 2.61. The molecular formula is C31H37F3N2O. The number of rotatable bonds is 3. The third-order valence-corrected chi connectivity index (χ3v) is 10.1. The van der Waals surface area contributed by atoms with Gasteiger partial charge in [-0.3, -0.25) is 9.78 Å². The molecule has 0 aromatic carbocycles. The van der Waals surface area contributed by atoms with Crippen LogP contribution in [0.1, 0.15) is 88.0 Å². The second-order valence-corrected chi connectivity index (χ2v) is 12.2. The minimum Gasteiger partial charge on any atom is -0.337 e. The molecule has 5 aliphatic rings. The Morgan fingerprint density at radius 2 is 2.03 bits per heavy atom. The van der Waals surface area contributed by atoms with Crippen molar-refractivity contribution in [1.29, 1.82) is 0 Å². The van der Waals surface area contributed by atoms with Crippen molar-refractivity contribution in [2.45, 2.75) is 90.3 Å². The normalized spacial score (nSPS) is 32.9. The molecule has 37 heavy (non-hydrogen) atoms. The summed E-state index contributed by atoms with van der Waals surface area (Å²) in [4.78, 5) is 20.0. The van der Waals surface area contributed by atoms with Crippen molar-refractivity contribution >= 4 is 5.91 Å². The molecule has 3 nitrogen and oxygen atoms in total. The SMILES string of the molecule is C/C=C\C=C1\C/C(=C/[C@@H]2C[C@H]3CCC[C@@]3(C(=O)N3CCc4ncc(C(F)(F)F)cc4C3)C2)CCC12CC2.